The minimum atomic E-state index is -0.477. The van der Waals surface area contributed by atoms with Crippen molar-refractivity contribution in [3.63, 3.8) is 0 Å². The van der Waals surface area contributed by atoms with Crippen LogP contribution in [0.3, 0.4) is 0 Å². The largest absolute Gasteiger partial charge is 0.379 e. The standard InChI is InChI=1S/C15H13Cl2FN2O/c1-9(21)20-12-4-2-10(3-5-12)8-19-15-13(16)6-11(18)7-14(15)17/h2-7,19H,8H2,1H3,(H,20,21). The summed E-state index contributed by atoms with van der Waals surface area (Å²) in [5.74, 6) is -0.596. The summed E-state index contributed by atoms with van der Waals surface area (Å²) in [5.41, 5.74) is 2.19. The number of halogens is 3. The molecule has 110 valence electrons. The first kappa shape index (κ1) is 15.6. The van der Waals surface area contributed by atoms with Crippen LogP contribution in [0.4, 0.5) is 15.8 Å². The maximum absolute atomic E-state index is 13.1. The molecule has 0 saturated heterocycles. The van der Waals surface area contributed by atoms with Gasteiger partial charge in [-0.2, -0.15) is 0 Å². The topological polar surface area (TPSA) is 41.1 Å². The van der Waals surface area contributed by atoms with Gasteiger partial charge < -0.3 is 10.6 Å². The number of anilines is 2. The Hall–Kier alpha value is -1.78. The van der Waals surface area contributed by atoms with E-state index >= 15 is 0 Å². The smallest absolute Gasteiger partial charge is 0.221 e. The van der Waals surface area contributed by atoms with Crippen molar-refractivity contribution in [2.75, 3.05) is 10.6 Å². The van der Waals surface area contributed by atoms with Gasteiger partial charge in [0.2, 0.25) is 5.91 Å². The summed E-state index contributed by atoms with van der Waals surface area (Å²) in [7, 11) is 0. The first-order valence-corrected chi connectivity index (χ1v) is 6.96. The zero-order valence-corrected chi connectivity index (χ0v) is 12.7. The summed E-state index contributed by atoms with van der Waals surface area (Å²) in [6.07, 6.45) is 0. The minimum Gasteiger partial charge on any atom is -0.379 e. The van der Waals surface area contributed by atoms with Crippen LogP contribution in [0.15, 0.2) is 36.4 Å². The molecule has 2 aromatic rings. The minimum absolute atomic E-state index is 0.120. The molecule has 0 unspecified atom stereocenters. The number of benzene rings is 2. The number of hydrogen-bond acceptors (Lipinski definition) is 2. The van der Waals surface area contributed by atoms with E-state index in [1.54, 1.807) is 12.1 Å². The van der Waals surface area contributed by atoms with E-state index in [9.17, 15) is 9.18 Å². The Morgan fingerprint density at radius 2 is 1.71 bits per heavy atom. The lowest BCUT2D eigenvalue weighted by Gasteiger charge is -2.11. The zero-order chi connectivity index (χ0) is 15.4. The van der Waals surface area contributed by atoms with E-state index in [1.807, 2.05) is 12.1 Å². The molecule has 2 aromatic carbocycles. The SMILES string of the molecule is CC(=O)Nc1ccc(CNc2c(Cl)cc(F)cc2Cl)cc1. The summed E-state index contributed by atoms with van der Waals surface area (Å²) >= 11 is 11.9. The lowest BCUT2D eigenvalue weighted by atomic mass is 10.2. The molecule has 0 radical (unpaired) electrons. The average Bonchev–Trinajstić information content (AvgIpc) is 2.38. The molecule has 0 aliphatic heterocycles. The molecule has 21 heavy (non-hydrogen) atoms. The van der Waals surface area contributed by atoms with Crippen molar-refractivity contribution in [3.05, 3.63) is 57.8 Å². The second-order valence-corrected chi connectivity index (χ2v) is 5.29. The Labute approximate surface area is 132 Å². The highest BCUT2D eigenvalue weighted by Gasteiger charge is 2.08. The summed E-state index contributed by atoms with van der Waals surface area (Å²) < 4.78 is 13.1. The van der Waals surface area contributed by atoms with Crippen molar-refractivity contribution in [1.82, 2.24) is 0 Å². The van der Waals surface area contributed by atoms with Crippen molar-refractivity contribution in [2.24, 2.45) is 0 Å². The summed E-state index contributed by atoms with van der Waals surface area (Å²) in [4.78, 5) is 10.9. The first-order chi connectivity index (χ1) is 9.95. The van der Waals surface area contributed by atoms with Gasteiger partial charge in [-0.1, -0.05) is 35.3 Å². The Balaban J connectivity index is 2.05. The Bertz CT molecular complexity index is 636. The maximum Gasteiger partial charge on any atom is 0.221 e. The average molecular weight is 327 g/mol. The molecular formula is C15H13Cl2FN2O. The lowest BCUT2D eigenvalue weighted by molar-refractivity contribution is -0.114. The molecule has 0 saturated carbocycles. The molecule has 0 heterocycles. The summed E-state index contributed by atoms with van der Waals surface area (Å²) in [5, 5.41) is 6.22. The predicted octanol–water partition coefficient (Wildman–Crippen LogP) is 4.70. The van der Waals surface area contributed by atoms with Crippen molar-refractivity contribution in [3.8, 4) is 0 Å². The van der Waals surface area contributed by atoms with E-state index in [0.29, 0.717) is 12.2 Å². The van der Waals surface area contributed by atoms with Gasteiger partial charge in [0, 0.05) is 19.2 Å². The van der Waals surface area contributed by atoms with E-state index < -0.39 is 5.82 Å². The van der Waals surface area contributed by atoms with Crippen LogP contribution in [0.5, 0.6) is 0 Å². The number of amides is 1. The van der Waals surface area contributed by atoms with E-state index in [4.69, 9.17) is 23.2 Å². The van der Waals surface area contributed by atoms with Crippen molar-refractivity contribution >= 4 is 40.5 Å². The molecule has 0 bridgehead atoms. The third kappa shape index (κ3) is 4.34. The van der Waals surface area contributed by atoms with Crippen LogP contribution in [-0.2, 0) is 11.3 Å². The summed E-state index contributed by atoms with van der Waals surface area (Å²) in [6.45, 7) is 1.93. The van der Waals surface area contributed by atoms with E-state index in [0.717, 1.165) is 11.3 Å². The van der Waals surface area contributed by atoms with Gasteiger partial charge in [-0.15, -0.1) is 0 Å². The molecular weight excluding hydrogens is 314 g/mol. The number of carbonyl (C=O) groups is 1. The van der Waals surface area contributed by atoms with Gasteiger partial charge in [-0.3, -0.25) is 4.79 Å². The maximum atomic E-state index is 13.1. The second-order valence-electron chi connectivity index (χ2n) is 4.48. The van der Waals surface area contributed by atoms with Crippen molar-refractivity contribution < 1.29 is 9.18 Å². The zero-order valence-electron chi connectivity index (χ0n) is 11.2. The molecule has 0 atom stereocenters. The Morgan fingerprint density at radius 3 is 2.24 bits per heavy atom. The van der Waals surface area contributed by atoms with Crippen LogP contribution < -0.4 is 10.6 Å². The third-order valence-corrected chi connectivity index (χ3v) is 3.35. The van der Waals surface area contributed by atoms with Gasteiger partial charge >= 0.3 is 0 Å². The molecule has 1 amide bonds. The fourth-order valence-electron chi connectivity index (χ4n) is 1.81. The molecule has 2 rings (SSSR count). The molecule has 6 heteroatoms. The van der Waals surface area contributed by atoms with Gasteiger partial charge in [-0.05, 0) is 29.8 Å². The fourth-order valence-corrected chi connectivity index (χ4v) is 2.40. The highest BCUT2D eigenvalue weighted by Crippen LogP contribution is 2.31. The molecule has 0 aliphatic carbocycles. The molecule has 0 aromatic heterocycles. The van der Waals surface area contributed by atoms with Crippen LogP contribution in [-0.4, -0.2) is 5.91 Å². The van der Waals surface area contributed by atoms with E-state index in [2.05, 4.69) is 10.6 Å². The highest BCUT2D eigenvalue weighted by molar-refractivity contribution is 6.39. The first-order valence-electron chi connectivity index (χ1n) is 6.20. The monoisotopic (exact) mass is 326 g/mol. The van der Waals surface area contributed by atoms with Gasteiger partial charge in [0.25, 0.3) is 0 Å². The molecule has 0 spiro atoms. The number of carbonyl (C=O) groups excluding carboxylic acids is 1. The van der Waals surface area contributed by atoms with Crippen molar-refractivity contribution in [1.29, 1.82) is 0 Å². The number of nitrogens with one attached hydrogen (secondary N) is 2. The van der Waals surface area contributed by atoms with E-state index in [-0.39, 0.29) is 16.0 Å². The quantitative estimate of drug-likeness (QED) is 0.854. The van der Waals surface area contributed by atoms with Gasteiger partial charge in [0.15, 0.2) is 0 Å². The third-order valence-electron chi connectivity index (χ3n) is 2.75. The van der Waals surface area contributed by atoms with Gasteiger partial charge in [0.05, 0.1) is 15.7 Å². The Morgan fingerprint density at radius 1 is 1.14 bits per heavy atom. The summed E-state index contributed by atoms with van der Waals surface area (Å²) in [6, 6.07) is 9.73. The molecule has 0 aliphatic rings. The van der Waals surface area contributed by atoms with Crippen LogP contribution in [0.2, 0.25) is 10.0 Å². The highest BCUT2D eigenvalue weighted by atomic mass is 35.5. The predicted molar refractivity (Wildman–Crippen MR) is 84.5 cm³/mol. The van der Waals surface area contributed by atoms with Gasteiger partial charge in [0.1, 0.15) is 5.82 Å². The lowest BCUT2D eigenvalue weighted by Crippen LogP contribution is -2.06. The van der Waals surface area contributed by atoms with Crippen LogP contribution in [0, 0.1) is 5.82 Å². The molecule has 2 N–H and O–H groups in total. The van der Waals surface area contributed by atoms with Crippen LogP contribution in [0.1, 0.15) is 12.5 Å². The van der Waals surface area contributed by atoms with Crippen molar-refractivity contribution in [2.45, 2.75) is 13.5 Å². The number of rotatable bonds is 4. The van der Waals surface area contributed by atoms with Crippen LogP contribution in [0.25, 0.3) is 0 Å². The molecule has 0 fully saturated rings. The van der Waals surface area contributed by atoms with E-state index in [1.165, 1.54) is 19.1 Å². The normalized spacial score (nSPS) is 10.3. The van der Waals surface area contributed by atoms with Crippen LogP contribution >= 0.6 is 23.2 Å². The number of hydrogen-bond donors (Lipinski definition) is 2. The fraction of sp³-hybridized carbons (Fsp3) is 0.133. The molecule has 3 nitrogen and oxygen atoms in total. The second kappa shape index (κ2) is 6.78. The Kier molecular flexibility index (Phi) is 5.04. The van der Waals surface area contributed by atoms with Gasteiger partial charge in [-0.25, -0.2) is 4.39 Å².